The standard InChI is InChI=1S/C14H25/c1-3-5-7-9-11-13-14-12-10-8-6-4-2/h9,11-14H,3-8,10H2,1-2H3. The van der Waals surface area contributed by atoms with Crippen LogP contribution in [0.15, 0.2) is 24.3 Å². The summed E-state index contributed by atoms with van der Waals surface area (Å²) in [4.78, 5) is 0. The van der Waals surface area contributed by atoms with Gasteiger partial charge in [0.2, 0.25) is 0 Å². The van der Waals surface area contributed by atoms with Gasteiger partial charge in [0.05, 0.1) is 0 Å². The van der Waals surface area contributed by atoms with Gasteiger partial charge in [0.25, 0.3) is 0 Å². The van der Waals surface area contributed by atoms with E-state index in [1.54, 1.807) is 0 Å². The minimum atomic E-state index is 1.22. The maximum absolute atomic E-state index is 2.26. The molecule has 0 aliphatic rings. The molecule has 0 aromatic rings. The lowest BCUT2D eigenvalue weighted by Crippen LogP contribution is -1.71. The summed E-state index contributed by atoms with van der Waals surface area (Å²) in [5.41, 5.74) is 0. The third kappa shape index (κ3) is 11.5. The Labute approximate surface area is 90.1 Å². The summed E-state index contributed by atoms with van der Waals surface area (Å²) in [5.74, 6) is 0. The van der Waals surface area contributed by atoms with Crippen LogP contribution in [0.5, 0.6) is 0 Å². The lowest BCUT2D eigenvalue weighted by molar-refractivity contribution is 0.729. The van der Waals surface area contributed by atoms with Crippen LogP contribution in [0.1, 0.15) is 58.8 Å². The van der Waals surface area contributed by atoms with Gasteiger partial charge < -0.3 is 0 Å². The fourth-order valence-corrected chi connectivity index (χ4v) is 1.25. The van der Waals surface area contributed by atoms with Gasteiger partial charge in [-0.25, -0.2) is 0 Å². The number of hydrogen-bond donors (Lipinski definition) is 0. The van der Waals surface area contributed by atoms with Crippen LogP contribution in [0.4, 0.5) is 0 Å². The summed E-state index contributed by atoms with van der Waals surface area (Å²) in [7, 11) is 0. The van der Waals surface area contributed by atoms with Gasteiger partial charge in [-0.15, -0.1) is 0 Å². The van der Waals surface area contributed by atoms with E-state index in [4.69, 9.17) is 0 Å². The van der Waals surface area contributed by atoms with Crippen molar-refractivity contribution >= 4 is 0 Å². The third-order valence-corrected chi connectivity index (χ3v) is 2.19. The van der Waals surface area contributed by atoms with Crippen molar-refractivity contribution < 1.29 is 0 Å². The quantitative estimate of drug-likeness (QED) is 0.448. The zero-order valence-electron chi connectivity index (χ0n) is 9.84. The Morgan fingerprint density at radius 1 is 0.714 bits per heavy atom. The predicted octanol–water partition coefficient (Wildman–Crippen LogP) is 5.07. The van der Waals surface area contributed by atoms with Gasteiger partial charge >= 0.3 is 0 Å². The molecule has 1 radical (unpaired) electrons. The Morgan fingerprint density at radius 3 is 1.86 bits per heavy atom. The highest BCUT2D eigenvalue weighted by atomic mass is 13.9. The Bertz CT molecular complexity index is 142. The van der Waals surface area contributed by atoms with Crippen LogP contribution in [-0.4, -0.2) is 0 Å². The molecule has 14 heavy (non-hydrogen) atoms. The van der Waals surface area contributed by atoms with Crippen molar-refractivity contribution in [3.63, 3.8) is 0 Å². The van der Waals surface area contributed by atoms with Gasteiger partial charge in [-0.2, -0.15) is 0 Å². The Morgan fingerprint density at radius 2 is 1.29 bits per heavy atom. The molecule has 0 nitrogen and oxygen atoms in total. The second-order valence-corrected chi connectivity index (χ2v) is 3.69. The van der Waals surface area contributed by atoms with E-state index in [-0.39, 0.29) is 0 Å². The predicted molar refractivity (Wildman–Crippen MR) is 66.2 cm³/mol. The van der Waals surface area contributed by atoms with E-state index in [9.17, 15) is 0 Å². The zero-order valence-corrected chi connectivity index (χ0v) is 9.84. The van der Waals surface area contributed by atoms with Gasteiger partial charge in [0.1, 0.15) is 0 Å². The molecule has 0 saturated heterocycles. The minimum Gasteiger partial charge on any atom is -0.0879 e. The fraction of sp³-hybridized carbons (Fsp3) is 0.643. The van der Waals surface area contributed by atoms with Crippen LogP contribution in [0.25, 0.3) is 0 Å². The highest BCUT2D eigenvalue weighted by molar-refractivity contribution is 5.07. The van der Waals surface area contributed by atoms with Crippen LogP contribution in [0.2, 0.25) is 0 Å². The second kappa shape index (κ2) is 12.5. The van der Waals surface area contributed by atoms with Gasteiger partial charge in [-0.1, -0.05) is 63.8 Å². The Hall–Kier alpha value is -0.520. The van der Waals surface area contributed by atoms with Gasteiger partial charge in [-0.3, -0.25) is 0 Å². The van der Waals surface area contributed by atoms with Crippen LogP contribution >= 0.6 is 0 Å². The highest BCUT2D eigenvalue weighted by Gasteiger charge is 1.81. The van der Waals surface area contributed by atoms with Crippen molar-refractivity contribution in [3.8, 4) is 0 Å². The number of allylic oxidation sites excluding steroid dienone is 4. The number of hydrogen-bond acceptors (Lipinski definition) is 0. The molecule has 0 spiro atoms. The average molecular weight is 193 g/mol. The van der Waals surface area contributed by atoms with Crippen LogP contribution < -0.4 is 0 Å². The van der Waals surface area contributed by atoms with E-state index in [2.05, 4.69) is 44.6 Å². The maximum atomic E-state index is 2.26. The third-order valence-electron chi connectivity index (χ3n) is 2.19. The van der Waals surface area contributed by atoms with E-state index < -0.39 is 0 Å². The summed E-state index contributed by atoms with van der Waals surface area (Å²) in [6, 6.07) is 0. The summed E-state index contributed by atoms with van der Waals surface area (Å²) >= 11 is 0. The molecule has 0 aliphatic carbocycles. The molecular formula is C14H25. The summed E-state index contributed by atoms with van der Waals surface area (Å²) in [6.45, 7) is 4.47. The molecule has 0 bridgehead atoms. The first-order valence-electron chi connectivity index (χ1n) is 6.06. The Kier molecular flexibility index (Phi) is 12.0. The molecule has 0 amide bonds. The molecule has 0 saturated carbocycles. The molecule has 81 valence electrons. The number of rotatable bonds is 9. The summed E-state index contributed by atoms with van der Waals surface area (Å²) < 4.78 is 0. The van der Waals surface area contributed by atoms with E-state index in [0.29, 0.717) is 0 Å². The molecule has 0 heterocycles. The normalized spacial score (nSPS) is 11.9. The van der Waals surface area contributed by atoms with Gasteiger partial charge in [0.15, 0.2) is 0 Å². The van der Waals surface area contributed by atoms with E-state index in [0.717, 1.165) is 0 Å². The molecule has 0 atom stereocenters. The van der Waals surface area contributed by atoms with Gasteiger partial charge in [0, 0.05) is 6.42 Å². The van der Waals surface area contributed by atoms with Crippen molar-refractivity contribution in [3.05, 3.63) is 30.7 Å². The molecule has 0 rings (SSSR count). The largest absolute Gasteiger partial charge is 0.0879 e. The van der Waals surface area contributed by atoms with Crippen molar-refractivity contribution in [2.75, 3.05) is 0 Å². The zero-order chi connectivity index (χ0) is 10.5. The van der Waals surface area contributed by atoms with Crippen molar-refractivity contribution in [2.24, 2.45) is 0 Å². The monoisotopic (exact) mass is 193 g/mol. The maximum Gasteiger partial charge on any atom is 0.00441 e. The van der Waals surface area contributed by atoms with E-state index >= 15 is 0 Å². The van der Waals surface area contributed by atoms with Crippen LogP contribution in [0, 0.1) is 6.42 Å². The van der Waals surface area contributed by atoms with Crippen molar-refractivity contribution in [1.29, 1.82) is 0 Å². The highest BCUT2D eigenvalue weighted by Crippen LogP contribution is 2.00. The Balaban J connectivity index is 3.13. The first-order chi connectivity index (χ1) is 6.91. The average Bonchev–Trinajstić information content (AvgIpc) is 2.21. The summed E-state index contributed by atoms with van der Waals surface area (Å²) in [6.07, 6.45) is 20.0. The molecule has 0 aromatic heterocycles. The molecule has 0 fully saturated rings. The van der Waals surface area contributed by atoms with E-state index in [1.807, 2.05) is 0 Å². The lowest BCUT2D eigenvalue weighted by Gasteiger charge is -1.90. The first-order valence-corrected chi connectivity index (χ1v) is 6.06. The smallest absolute Gasteiger partial charge is 0.00441 e. The SMILES string of the molecule is CCCCC=C[CH]C=CCCCCC. The second-order valence-electron chi connectivity index (χ2n) is 3.69. The van der Waals surface area contributed by atoms with Gasteiger partial charge in [-0.05, 0) is 19.3 Å². The fourth-order valence-electron chi connectivity index (χ4n) is 1.25. The molecule has 0 unspecified atom stereocenters. The minimum absolute atomic E-state index is 1.22. The molecular weight excluding hydrogens is 168 g/mol. The van der Waals surface area contributed by atoms with Crippen molar-refractivity contribution in [1.82, 2.24) is 0 Å². The van der Waals surface area contributed by atoms with E-state index in [1.165, 1.54) is 44.9 Å². The molecule has 0 heteroatoms. The molecule has 0 aliphatic heterocycles. The van der Waals surface area contributed by atoms with Crippen LogP contribution in [0.3, 0.4) is 0 Å². The first kappa shape index (κ1) is 13.5. The summed E-state index contributed by atoms with van der Waals surface area (Å²) in [5, 5.41) is 0. The number of unbranched alkanes of at least 4 members (excludes halogenated alkanes) is 5. The topological polar surface area (TPSA) is 0 Å². The molecule has 0 N–H and O–H groups in total. The van der Waals surface area contributed by atoms with Crippen LogP contribution in [-0.2, 0) is 0 Å². The molecule has 0 aromatic carbocycles. The van der Waals surface area contributed by atoms with Crippen molar-refractivity contribution in [2.45, 2.75) is 58.8 Å². The lowest BCUT2D eigenvalue weighted by atomic mass is 10.2.